The van der Waals surface area contributed by atoms with E-state index < -0.39 is 40.4 Å². The maximum Gasteiger partial charge on any atom is 0.389 e. The van der Waals surface area contributed by atoms with Crippen LogP contribution in [0, 0.1) is 5.82 Å². The second-order valence-electron chi connectivity index (χ2n) is 7.66. The number of aromatic nitrogens is 1. The highest BCUT2D eigenvalue weighted by atomic mass is 35.5. The Hall–Kier alpha value is -2.51. The van der Waals surface area contributed by atoms with Gasteiger partial charge >= 0.3 is 6.18 Å². The Kier molecular flexibility index (Phi) is 8.22. The molecule has 0 atom stereocenters. The fourth-order valence-electron chi connectivity index (χ4n) is 3.07. The number of rotatable bonds is 9. The number of halogens is 6. The number of carbonyl (C=O) groups is 1. The van der Waals surface area contributed by atoms with Crippen molar-refractivity contribution in [2.75, 3.05) is 30.9 Å². The van der Waals surface area contributed by atoms with Crippen LogP contribution in [-0.2, 0) is 10.0 Å². The van der Waals surface area contributed by atoms with E-state index in [4.69, 9.17) is 32.7 Å². The number of nitrogens with zero attached hydrogens (tertiary/aromatic N) is 2. The molecule has 192 valence electrons. The summed E-state index contributed by atoms with van der Waals surface area (Å²) in [5.74, 6) is -2.06. The Balaban J connectivity index is 1.60. The van der Waals surface area contributed by atoms with Crippen molar-refractivity contribution in [1.82, 2.24) is 9.71 Å². The van der Waals surface area contributed by atoms with Gasteiger partial charge in [0.1, 0.15) is 22.7 Å². The molecule has 35 heavy (non-hydrogen) atoms. The number of pyridine rings is 1. The second-order valence-corrected chi connectivity index (χ2v) is 10.2. The van der Waals surface area contributed by atoms with Crippen LogP contribution in [0.1, 0.15) is 23.2 Å². The lowest BCUT2D eigenvalue weighted by Gasteiger charge is -2.40. The van der Waals surface area contributed by atoms with Crippen LogP contribution >= 0.6 is 23.2 Å². The van der Waals surface area contributed by atoms with Crippen LogP contribution < -0.4 is 19.1 Å². The van der Waals surface area contributed by atoms with Gasteiger partial charge in [0, 0.05) is 12.5 Å². The molecule has 1 aliphatic rings. The first-order chi connectivity index (χ1) is 16.2. The molecular formula is C20H19Cl2F4N3O5S. The molecule has 1 aromatic carbocycles. The molecule has 0 unspecified atom stereocenters. The van der Waals surface area contributed by atoms with E-state index in [-0.39, 0.29) is 40.3 Å². The molecule has 1 aliphatic heterocycles. The van der Waals surface area contributed by atoms with Crippen LogP contribution in [-0.4, -0.2) is 57.5 Å². The zero-order chi connectivity index (χ0) is 26.0. The number of amides is 1. The summed E-state index contributed by atoms with van der Waals surface area (Å²) in [4.78, 5) is 18.1. The summed E-state index contributed by atoms with van der Waals surface area (Å²) in [7, 11) is -3.88. The highest BCUT2D eigenvalue weighted by molar-refractivity contribution is 7.89. The van der Waals surface area contributed by atoms with E-state index in [1.54, 1.807) is 9.62 Å². The van der Waals surface area contributed by atoms with Crippen molar-refractivity contribution in [2.24, 2.45) is 0 Å². The van der Waals surface area contributed by atoms with Gasteiger partial charge in [-0.25, -0.2) is 22.5 Å². The summed E-state index contributed by atoms with van der Waals surface area (Å²) in [5.41, 5.74) is 0.326. The van der Waals surface area contributed by atoms with Crippen molar-refractivity contribution in [3.05, 3.63) is 45.8 Å². The molecule has 15 heteroatoms. The molecule has 1 aromatic heterocycles. The summed E-state index contributed by atoms with van der Waals surface area (Å²) < 4.78 is 86.0. The Morgan fingerprint density at radius 1 is 1.23 bits per heavy atom. The van der Waals surface area contributed by atoms with Crippen LogP contribution in [0.25, 0.3) is 0 Å². The third kappa shape index (κ3) is 7.74. The number of hydrogen-bond acceptors (Lipinski definition) is 7. The first-order valence-electron chi connectivity index (χ1n) is 9.99. The van der Waals surface area contributed by atoms with Crippen LogP contribution in [0.3, 0.4) is 0 Å². The van der Waals surface area contributed by atoms with E-state index in [1.165, 1.54) is 12.3 Å². The average Bonchev–Trinajstić information content (AvgIpc) is 2.69. The Morgan fingerprint density at radius 3 is 2.51 bits per heavy atom. The summed E-state index contributed by atoms with van der Waals surface area (Å²) in [6, 6.07) is 3.39. The summed E-state index contributed by atoms with van der Waals surface area (Å²) in [6.45, 7) is 0.389. The first kappa shape index (κ1) is 27.1. The van der Waals surface area contributed by atoms with Gasteiger partial charge in [-0.05, 0) is 18.6 Å². The number of alkyl halides is 3. The number of carbonyl (C=O) groups excluding carboxylic acids is 1. The predicted molar refractivity (Wildman–Crippen MR) is 120 cm³/mol. The quantitative estimate of drug-likeness (QED) is 0.363. The third-order valence-corrected chi connectivity index (χ3v) is 5.81. The van der Waals surface area contributed by atoms with Crippen molar-refractivity contribution in [3.63, 3.8) is 0 Å². The molecule has 8 nitrogen and oxygen atoms in total. The maximum absolute atomic E-state index is 14.0. The maximum atomic E-state index is 14.0. The molecule has 1 saturated heterocycles. The van der Waals surface area contributed by atoms with E-state index in [0.717, 1.165) is 18.4 Å². The minimum atomic E-state index is -4.27. The SMILES string of the molecule is CS(=O)(=O)NC(=O)c1cc(Cl)c(F)cc1OC1CN(c2cnc(OCCCC(F)(F)F)c(Cl)c2)C1. The molecule has 0 bridgehead atoms. The van der Waals surface area contributed by atoms with E-state index in [2.05, 4.69) is 4.98 Å². The molecule has 0 aliphatic carbocycles. The fourth-order valence-corrected chi connectivity index (χ4v) is 3.89. The van der Waals surface area contributed by atoms with Gasteiger partial charge in [0.15, 0.2) is 0 Å². The second kappa shape index (κ2) is 10.6. The highest BCUT2D eigenvalue weighted by Gasteiger charge is 2.31. The molecular weight excluding hydrogens is 541 g/mol. The molecule has 1 amide bonds. The largest absolute Gasteiger partial charge is 0.486 e. The van der Waals surface area contributed by atoms with Gasteiger partial charge in [0.25, 0.3) is 5.91 Å². The van der Waals surface area contributed by atoms with E-state index in [1.807, 2.05) is 0 Å². The Labute approximate surface area is 208 Å². The summed E-state index contributed by atoms with van der Waals surface area (Å²) in [6.07, 6.45) is -3.75. The predicted octanol–water partition coefficient (Wildman–Crippen LogP) is 4.21. The molecule has 3 rings (SSSR count). The minimum absolute atomic E-state index is 0.00378. The van der Waals surface area contributed by atoms with Crippen molar-refractivity contribution >= 4 is 44.8 Å². The number of benzene rings is 1. The Morgan fingerprint density at radius 2 is 1.91 bits per heavy atom. The molecule has 2 aromatic rings. The molecule has 0 spiro atoms. The number of anilines is 1. The standard InChI is InChI=1S/C20H19Cl2F4N3O5S/c1-35(31,32)28-18(30)13-6-14(21)16(23)7-17(13)34-12-9-29(10-12)11-5-15(22)19(27-8-11)33-4-2-3-20(24,25)26/h5-8,12H,2-4,9-10H2,1H3,(H,28,30). The average molecular weight is 560 g/mol. The number of hydrogen-bond donors (Lipinski definition) is 1. The summed E-state index contributed by atoms with van der Waals surface area (Å²) >= 11 is 11.8. The third-order valence-electron chi connectivity index (χ3n) is 4.69. The van der Waals surface area contributed by atoms with Crippen molar-refractivity contribution in [1.29, 1.82) is 0 Å². The van der Waals surface area contributed by atoms with Gasteiger partial charge in [-0.2, -0.15) is 13.2 Å². The molecule has 1 N–H and O–H groups in total. The van der Waals surface area contributed by atoms with Crippen LogP contribution in [0.4, 0.5) is 23.2 Å². The molecule has 1 fully saturated rings. The van der Waals surface area contributed by atoms with Gasteiger partial charge in [-0.15, -0.1) is 0 Å². The van der Waals surface area contributed by atoms with Gasteiger partial charge in [0.05, 0.1) is 48.4 Å². The fraction of sp³-hybridized carbons (Fsp3) is 0.400. The van der Waals surface area contributed by atoms with Crippen molar-refractivity contribution in [2.45, 2.75) is 25.1 Å². The van der Waals surface area contributed by atoms with E-state index >= 15 is 0 Å². The lowest BCUT2D eigenvalue weighted by Crippen LogP contribution is -2.54. The smallest absolute Gasteiger partial charge is 0.389 e. The normalized spacial score (nSPS) is 14.4. The Bertz CT molecular complexity index is 1210. The van der Waals surface area contributed by atoms with Gasteiger partial charge in [-0.3, -0.25) is 4.79 Å². The number of ether oxygens (including phenoxy) is 2. The highest BCUT2D eigenvalue weighted by Crippen LogP contribution is 2.32. The van der Waals surface area contributed by atoms with E-state index in [9.17, 15) is 30.8 Å². The van der Waals surface area contributed by atoms with Crippen molar-refractivity contribution in [3.8, 4) is 11.6 Å². The lowest BCUT2D eigenvalue weighted by atomic mass is 10.1. The first-order valence-corrected chi connectivity index (χ1v) is 12.6. The van der Waals surface area contributed by atoms with Gasteiger partial charge in [-0.1, -0.05) is 23.2 Å². The van der Waals surface area contributed by atoms with E-state index in [0.29, 0.717) is 18.8 Å². The number of nitrogens with one attached hydrogen (secondary N) is 1. The zero-order valence-corrected chi connectivity index (χ0v) is 20.4. The molecule has 0 radical (unpaired) electrons. The minimum Gasteiger partial charge on any atom is -0.486 e. The monoisotopic (exact) mass is 559 g/mol. The lowest BCUT2D eigenvalue weighted by molar-refractivity contribution is -0.136. The zero-order valence-electron chi connectivity index (χ0n) is 18.0. The van der Waals surface area contributed by atoms with Crippen LogP contribution in [0.2, 0.25) is 10.0 Å². The van der Waals surface area contributed by atoms with Gasteiger partial charge < -0.3 is 14.4 Å². The summed E-state index contributed by atoms with van der Waals surface area (Å²) in [5, 5.41) is -0.272. The van der Waals surface area contributed by atoms with Gasteiger partial charge in [0.2, 0.25) is 15.9 Å². The molecule has 2 heterocycles. The number of sulfonamides is 1. The van der Waals surface area contributed by atoms with Crippen molar-refractivity contribution < 1.29 is 40.2 Å². The topological polar surface area (TPSA) is 97.8 Å². The van der Waals surface area contributed by atoms with Crippen LogP contribution in [0.15, 0.2) is 24.4 Å². The van der Waals surface area contributed by atoms with Crippen LogP contribution in [0.5, 0.6) is 11.6 Å². The molecule has 0 saturated carbocycles.